The largest absolute Gasteiger partial charge is 0.573 e. The molecule has 0 spiro atoms. The van der Waals surface area contributed by atoms with Gasteiger partial charge in [-0.05, 0) is 35.7 Å². The lowest BCUT2D eigenvalue weighted by Crippen LogP contribution is -2.43. The summed E-state index contributed by atoms with van der Waals surface area (Å²) in [6, 6.07) is 21.5. The highest BCUT2D eigenvalue weighted by atomic mass is 35.5. The van der Waals surface area contributed by atoms with Gasteiger partial charge in [-0.1, -0.05) is 60.7 Å². The SMILES string of the molecule is Cl.O=C(CNC(=O)c1cc(OC(F)(F)F)ccc1NC(=O)OCc1ccccc1)N[C@@H]1CCN(Cc2ccccc2)C1. The zero-order valence-corrected chi connectivity index (χ0v) is 23.2. The van der Waals surface area contributed by atoms with Gasteiger partial charge in [-0.25, -0.2) is 4.79 Å². The molecule has 9 nitrogen and oxygen atoms in total. The van der Waals surface area contributed by atoms with Crippen molar-refractivity contribution in [2.24, 2.45) is 0 Å². The molecule has 1 saturated heterocycles. The predicted molar refractivity (Wildman–Crippen MR) is 151 cm³/mol. The van der Waals surface area contributed by atoms with Crippen molar-refractivity contribution < 1.29 is 37.0 Å². The van der Waals surface area contributed by atoms with Crippen LogP contribution in [-0.2, 0) is 22.7 Å². The quantitative estimate of drug-likeness (QED) is 0.304. The summed E-state index contributed by atoms with van der Waals surface area (Å²) in [7, 11) is 0. The van der Waals surface area contributed by atoms with Gasteiger partial charge in [0.25, 0.3) is 5.91 Å². The Labute approximate surface area is 246 Å². The second kappa shape index (κ2) is 15.1. The molecule has 224 valence electrons. The third-order valence-corrected chi connectivity index (χ3v) is 6.21. The molecule has 0 saturated carbocycles. The zero-order valence-electron chi connectivity index (χ0n) is 22.4. The van der Waals surface area contributed by atoms with E-state index in [2.05, 4.69) is 25.6 Å². The second-order valence-electron chi connectivity index (χ2n) is 9.40. The molecule has 0 aliphatic carbocycles. The summed E-state index contributed by atoms with van der Waals surface area (Å²) in [4.78, 5) is 40.0. The van der Waals surface area contributed by atoms with E-state index in [0.717, 1.165) is 43.3 Å². The number of ether oxygens (including phenoxy) is 2. The summed E-state index contributed by atoms with van der Waals surface area (Å²) in [6.07, 6.45) is -5.18. The first-order valence-corrected chi connectivity index (χ1v) is 12.9. The first-order chi connectivity index (χ1) is 19.6. The third kappa shape index (κ3) is 10.3. The van der Waals surface area contributed by atoms with Gasteiger partial charge in [0.15, 0.2) is 0 Å². The van der Waals surface area contributed by atoms with Crippen molar-refractivity contribution in [2.75, 3.05) is 25.0 Å². The van der Waals surface area contributed by atoms with Crippen LogP contribution in [0.25, 0.3) is 0 Å². The van der Waals surface area contributed by atoms with Gasteiger partial charge in [0.1, 0.15) is 12.4 Å². The van der Waals surface area contributed by atoms with Crippen LogP contribution in [0.2, 0.25) is 0 Å². The summed E-state index contributed by atoms with van der Waals surface area (Å²) >= 11 is 0. The van der Waals surface area contributed by atoms with Crippen LogP contribution >= 0.6 is 12.4 Å². The van der Waals surface area contributed by atoms with Gasteiger partial charge in [-0.3, -0.25) is 19.8 Å². The van der Waals surface area contributed by atoms with Gasteiger partial charge in [-0.15, -0.1) is 25.6 Å². The number of likely N-dealkylation sites (tertiary alicyclic amines) is 1. The van der Waals surface area contributed by atoms with Crippen LogP contribution in [0.1, 0.15) is 27.9 Å². The van der Waals surface area contributed by atoms with Crippen LogP contribution in [-0.4, -0.2) is 54.8 Å². The molecular weight excluding hydrogens is 577 g/mol. The molecule has 13 heteroatoms. The molecule has 3 amide bonds. The van der Waals surface area contributed by atoms with E-state index < -0.39 is 36.6 Å². The van der Waals surface area contributed by atoms with Crippen molar-refractivity contribution in [3.05, 3.63) is 95.6 Å². The van der Waals surface area contributed by atoms with Crippen LogP contribution in [0.15, 0.2) is 78.9 Å². The Balaban J connectivity index is 0.00000484. The molecule has 0 bridgehead atoms. The maximum Gasteiger partial charge on any atom is 0.573 e. The molecule has 1 heterocycles. The summed E-state index contributed by atoms with van der Waals surface area (Å²) in [5.74, 6) is -2.01. The maximum absolute atomic E-state index is 12.9. The number of anilines is 1. The second-order valence-corrected chi connectivity index (χ2v) is 9.40. The monoisotopic (exact) mass is 606 g/mol. The Morgan fingerprint density at radius 3 is 2.26 bits per heavy atom. The number of nitrogens with zero attached hydrogens (tertiary/aromatic N) is 1. The molecule has 1 aliphatic heterocycles. The maximum atomic E-state index is 12.9. The smallest absolute Gasteiger partial charge is 0.444 e. The normalized spacial score (nSPS) is 14.8. The number of benzene rings is 3. The van der Waals surface area contributed by atoms with E-state index in [0.29, 0.717) is 12.1 Å². The summed E-state index contributed by atoms with van der Waals surface area (Å²) in [5.41, 5.74) is 1.41. The number of hydrogen-bond donors (Lipinski definition) is 3. The van der Waals surface area contributed by atoms with Gasteiger partial charge >= 0.3 is 12.5 Å². The number of nitrogens with one attached hydrogen (secondary N) is 3. The van der Waals surface area contributed by atoms with Crippen molar-refractivity contribution in [1.82, 2.24) is 15.5 Å². The molecule has 0 aromatic heterocycles. The minimum absolute atomic E-state index is 0. The summed E-state index contributed by atoms with van der Waals surface area (Å²) in [5, 5.41) is 7.61. The van der Waals surface area contributed by atoms with Crippen LogP contribution in [0.4, 0.5) is 23.7 Å². The lowest BCUT2D eigenvalue weighted by Gasteiger charge is -2.17. The number of carbonyl (C=O) groups is 3. The first kappa shape index (κ1) is 32.2. The van der Waals surface area contributed by atoms with Crippen molar-refractivity contribution in [3.8, 4) is 5.75 Å². The Morgan fingerprint density at radius 1 is 0.929 bits per heavy atom. The molecule has 42 heavy (non-hydrogen) atoms. The molecule has 1 atom stereocenters. The van der Waals surface area contributed by atoms with Gasteiger partial charge in [0.05, 0.1) is 17.8 Å². The highest BCUT2D eigenvalue weighted by molar-refractivity contribution is 6.04. The fourth-order valence-corrected chi connectivity index (χ4v) is 4.36. The number of hydrogen-bond acceptors (Lipinski definition) is 6. The number of amides is 3. The summed E-state index contributed by atoms with van der Waals surface area (Å²) < 4.78 is 47.4. The van der Waals surface area contributed by atoms with Crippen LogP contribution in [0.5, 0.6) is 5.75 Å². The van der Waals surface area contributed by atoms with E-state index in [4.69, 9.17) is 4.74 Å². The summed E-state index contributed by atoms with van der Waals surface area (Å²) in [6.45, 7) is 1.71. The predicted octanol–water partition coefficient (Wildman–Crippen LogP) is 4.88. The number of rotatable bonds is 10. The standard InChI is InChI=1S/C29H29F3N4O5.ClH/c30-29(31,32)41-23-11-12-25(35-28(39)40-19-21-9-5-2-6-10-21)24(15-23)27(38)33-16-26(37)34-22-13-14-36(18-22)17-20-7-3-1-4-8-20;/h1-12,15,22H,13-14,16-19H2,(H,33,38)(H,34,37)(H,35,39);1H/t22-;/m1./s1. The minimum Gasteiger partial charge on any atom is -0.444 e. The molecule has 0 radical (unpaired) electrons. The van der Waals surface area contributed by atoms with Gasteiger partial charge in [0.2, 0.25) is 5.91 Å². The molecule has 0 unspecified atom stereocenters. The van der Waals surface area contributed by atoms with E-state index in [1.54, 1.807) is 30.3 Å². The lowest BCUT2D eigenvalue weighted by atomic mass is 10.1. The molecule has 3 N–H and O–H groups in total. The number of alkyl halides is 3. The molecule has 3 aromatic rings. The van der Waals surface area contributed by atoms with Gasteiger partial charge < -0.3 is 20.1 Å². The van der Waals surface area contributed by atoms with E-state index in [1.165, 1.54) is 0 Å². The molecule has 3 aromatic carbocycles. The fraction of sp³-hybridized carbons (Fsp3) is 0.276. The fourth-order valence-electron chi connectivity index (χ4n) is 4.36. The Hall–Kier alpha value is -4.29. The Morgan fingerprint density at radius 2 is 1.60 bits per heavy atom. The Kier molecular flexibility index (Phi) is 11.6. The third-order valence-electron chi connectivity index (χ3n) is 6.21. The van der Waals surface area contributed by atoms with E-state index in [1.807, 2.05) is 30.3 Å². The van der Waals surface area contributed by atoms with Crippen LogP contribution in [0, 0.1) is 0 Å². The van der Waals surface area contributed by atoms with E-state index in [-0.39, 0.29) is 36.3 Å². The van der Waals surface area contributed by atoms with Crippen LogP contribution in [0.3, 0.4) is 0 Å². The molecule has 4 rings (SSSR count). The first-order valence-electron chi connectivity index (χ1n) is 12.9. The zero-order chi connectivity index (χ0) is 29.2. The lowest BCUT2D eigenvalue weighted by molar-refractivity contribution is -0.274. The number of halogens is 4. The minimum atomic E-state index is -4.99. The molecule has 1 aliphatic rings. The topological polar surface area (TPSA) is 109 Å². The van der Waals surface area contributed by atoms with Gasteiger partial charge in [0, 0.05) is 25.7 Å². The average Bonchev–Trinajstić information content (AvgIpc) is 3.38. The highest BCUT2D eigenvalue weighted by Gasteiger charge is 2.32. The average molecular weight is 607 g/mol. The highest BCUT2D eigenvalue weighted by Crippen LogP contribution is 2.27. The van der Waals surface area contributed by atoms with E-state index in [9.17, 15) is 27.6 Å². The van der Waals surface area contributed by atoms with Crippen LogP contribution < -0.4 is 20.7 Å². The van der Waals surface area contributed by atoms with Crippen molar-refractivity contribution in [2.45, 2.75) is 32.0 Å². The van der Waals surface area contributed by atoms with E-state index >= 15 is 0 Å². The Bertz CT molecular complexity index is 1350. The molecular formula is C29H30ClF3N4O5. The van der Waals surface area contributed by atoms with Gasteiger partial charge in [-0.2, -0.15) is 0 Å². The number of carbonyl (C=O) groups excluding carboxylic acids is 3. The van der Waals surface area contributed by atoms with Crippen molar-refractivity contribution in [3.63, 3.8) is 0 Å². The van der Waals surface area contributed by atoms with Crippen molar-refractivity contribution in [1.29, 1.82) is 0 Å². The molecule has 1 fully saturated rings. The van der Waals surface area contributed by atoms with Crippen molar-refractivity contribution >= 4 is 36.0 Å².